The van der Waals surface area contributed by atoms with Gasteiger partial charge in [-0.2, -0.15) is 0 Å². The second-order valence-electron chi connectivity index (χ2n) is 4.09. The Balaban J connectivity index is 2.35. The topological polar surface area (TPSA) is 12.4 Å². The van der Waals surface area contributed by atoms with Gasteiger partial charge < -0.3 is 0 Å². The monoisotopic (exact) mass is 231 g/mol. The minimum atomic E-state index is 0.987. The minimum absolute atomic E-state index is 0.987. The van der Waals surface area contributed by atoms with Gasteiger partial charge in [0, 0.05) is 5.56 Å². The van der Waals surface area contributed by atoms with Crippen LogP contribution in [-0.4, -0.2) is 13.0 Å². The van der Waals surface area contributed by atoms with Gasteiger partial charge in [-0.15, -0.1) is 11.8 Å². The van der Waals surface area contributed by atoms with Crippen LogP contribution < -0.4 is 0 Å². The maximum Gasteiger partial charge on any atom is 0.0757 e. The van der Waals surface area contributed by atoms with E-state index >= 15 is 0 Å². The number of nitrogens with zero attached hydrogens (tertiary/aromatic N) is 1. The lowest BCUT2D eigenvalue weighted by molar-refractivity contribution is 0.685. The normalized spacial score (nSPS) is 15.7. The number of fused-ring (bicyclic) bond motifs is 1. The molecule has 0 bridgehead atoms. The summed E-state index contributed by atoms with van der Waals surface area (Å²) >= 11 is 1.67. The molecule has 0 heterocycles. The molecule has 1 aromatic carbocycles. The highest BCUT2D eigenvalue weighted by Gasteiger charge is 2.10. The van der Waals surface area contributed by atoms with Crippen molar-refractivity contribution in [1.29, 1.82) is 0 Å². The van der Waals surface area contributed by atoms with Crippen molar-refractivity contribution in [2.45, 2.75) is 25.7 Å². The van der Waals surface area contributed by atoms with Gasteiger partial charge in [0.05, 0.1) is 5.70 Å². The van der Waals surface area contributed by atoms with Gasteiger partial charge >= 0.3 is 0 Å². The quantitative estimate of drug-likeness (QED) is 0.718. The standard InChI is InChI=1S/C14H17NS/c1-15-14(10-16-2)13-8-7-11-5-3-4-6-12(11)9-13/h7-10H,1,3-6H2,2H3/b14-10-. The molecule has 1 nitrogen and oxygen atoms in total. The molecule has 84 valence electrons. The summed E-state index contributed by atoms with van der Waals surface area (Å²) in [6, 6.07) is 6.70. The summed E-state index contributed by atoms with van der Waals surface area (Å²) in [5.41, 5.74) is 5.20. The Bertz CT molecular complexity index is 421. The number of rotatable bonds is 3. The van der Waals surface area contributed by atoms with Crippen LogP contribution >= 0.6 is 11.8 Å². The van der Waals surface area contributed by atoms with E-state index in [4.69, 9.17) is 0 Å². The van der Waals surface area contributed by atoms with E-state index in [1.54, 1.807) is 11.8 Å². The minimum Gasteiger partial charge on any atom is -0.263 e. The number of hydrogen-bond donors (Lipinski definition) is 0. The van der Waals surface area contributed by atoms with Crippen molar-refractivity contribution >= 4 is 24.2 Å². The first-order chi connectivity index (χ1) is 7.85. The Morgan fingerprint density at radius 2 is 2.06 bits per heavy atom. The number of thioether (sulfide) groups is 1. The van der Waals surface area contributed by atoms with E-state index in [1.165, 1.54) is 42.4 Å². The molecule has 2 rings (SSSR count). The van der Waals surface area contributed by atoms with Crippen molar-refractivity contribution in [2.24, 2.45) is 4.99 Å². The molecule has 2 heteroatoms. The van der Waals surface area contributed by atoms with Crippen LogP contribution in [0.4, 0.5) is 0 Å². The highest BCUT2D eigenvalue weighted by molar-refractivity contribution is 8.01. The molecule has 0 spiro atoms. The molecule has 0 amide bonds. The predicted molar refractivity (Wildman–Crippen MR) is 74.1 cm³/mol. The van der Waals surface area contributed by atoms with E-state index < -0.39 is 0 Å². The molecule has 1 aliphatic rings. The summed E-state index contributed by atoms with van der Waals surface area (Å²) in [7, 11) is 0. The first kappa shape index (κ1) is 11.5. The van der Waals surface area contributed by atoms with Crippen molar-refractivity contribution in [2.75, 3.05) is 6.26 Å². The fourth-order valence-electron chi connectivity index (χ4n) is 2.20. The molecule has 1 aromatic rings. The molecule has 0 atom stereocenters. The van der Waals surface area contributed by atoms with Gasteiger partial charge in [0.1, 0.15) is 0 Å². The summed E-state index contributed by atoms with van der Waals surface area (Å²) in [6.45, 7) is 3.64. The third-order valence-electron chi connectivity index (χ3n) is 3.04. The van der Waals surface area contributed by atoms with Gasteiger partial charge in [0.15, 0.2) is 0 Å². The SMILES string of the molecule is C=N/C(=C\SC)c1ccc2c(c1)CCCC2. The van der Waals surface area contributed by atoms with E-state index in [-0.39, 0.29) is 0 Å². The Kier molecular flexibility index (Phi) is 3.83. The number of hydrogen-bond acceptors (Lipinski definition) is 2. The predicted octanol–water partition coefficient (Wildman–Crippen LogP) is 3.93. The van der Waals surface area contributed by atoms with Crippen molar-refractivity contribution in [3.05, 3.63) is 40.3 Å². The summed E-state index contributed by atoms with van der Waals surface area (Å²) in [6.07, 6.45) is 7.15. The number of aliphatic imine (C=N–C) groups is 1. The van der Waals surface area contributed by atoms with Crippen LogP contribution in [-0.2, 0) is 12.8 Å². The van der Waals surface area contributed by atoms with Gasteiger partial charge in [0.2, 0.25) is 0 Å². The van der Waals surface area contributed by atoms with Crippen LogP contribution in [0.5, 0.6) is 0 Å². The van der Waals surface area contributed by atoms with E-state index in [1.807, 2.05) is 6.26 Å². The van der Waals surface area contributed by atoms with Gasteiger partial charge in [-0.05, 0) is 61.3 Å². The second-order valence-corrected chi connectivity index (χ2v) is 4.79. The maximum atomic E-state index is 4.09. The number of benzene rings is 1. The van der Waals surface area contributed by atoms with Crippen LogP contribution in [0.1, 0.15) is 29.5 Å². The zero-order valence-corrected chi connectivity index (χ0v) is 10.5. The lowest BCUT2D eigenvalue weighted by Crippen LogP contribution is -2.02. The van der Waals surface area contributed by atoms with Crippen LogP contribution in [0.15, 0.2) is 28.6 Å². The lowest BCUT2D eigenvalue weighted by Gasteiger charge is -2.16. The lowest BCUT2D eigenvalue weighted by atomic mass is 9.90. The first-order valence-electron chi connectivity index (χ1n) is 5.67. The van der Waals surface area contributed by atoms with Crippen LogP contribution in [0.25, 0.3) is 5.70 Å². The van der Waals surface area contributed by atoms with Crippen molar-refractivity contribution in [3.8, 4) is 0 Å². The first-order valence-corrected chi connectivity index (χ1v) is 6.96. The summed E-state index contributed by atoms with van der Waals surface area (Å²) in [5, 5.41) is 2.05. The maximum absolute atomic E-state index is 4.09. The van der Waals surface area contributed by atoms with E-state index in [9.17, 15) is 0 Å². The summed E-state index contributed by atoms with van der Waals surface area (Å²) in [4.78, 5) is 4.09. The Morgan fingerprint density at radius 1 is 1.31 bits per heavy atom. The third kappa shape index (κ3) is 2.38. The molecule has 0 aliphatic heterocycles. The highest BCUT2D eigenvalue weighted by atomic mass is 32.2. The third-order valence-corrected chi connectivity index (χ3v) is 3.50. The van der Waals surface area contributed by atoms with E-state index in [0.29, 0.717) is 0 Å². The summed E-state index contributed by atoms with van der Waals surface area (Å²) < 4.78 is 0. The summed E-state index contributed by atoms with van der Waals surface area (Å²) in [5.74, 6) is 0. The van der Waals surface area contributed by atoms with Gasteiger partial charge in [0.25, 0.3) is 0 Å². The van der Waals surface area contributed by atoms with Crippen LogP contribution in [0.2, 0.25) is 0 Å². The fraction of sp³-hybridized carbons (Fsp3) is 0.357. The van der Waals surface area contributed by atoms with Crippen LogP contribution in [0, 0.1) is 0 Å². The van der Waals surface area contributed by atoms with Gasteiger partial charge in [-0.3, -0.25) is 4.99 Å². The zero-order chi connectivity index (χ0) is 11.4. The van der Waals surface area contributed by atoms with Crippen LogP contribution in [0.3, 0.4) is 0 Å². The Labute approximate surface area is 102 Å². The molecule has 0 fully saturated rings. The molecule has 0 saturated carbocycles. The molecule has 0 N–H and O–H groups in total. The largest absolute Gasteiger partial charge is 0.263 e. The van der Waals surface area contributed by atoms with E-state index in [0.717, 1.165) is 5.70 Å². The highest BCUT2D eigenvalue weighted by Crippen LogP contribution is 2.26. The fourth-order valence-corrected chi connectivity index (χ4v) is 2.63. The molecule has 0 radical (unpaired) electrons. The molecule has 16 heavy (non-hydrogen) atoms. The average molecular weight is 231 g/mol. The number of aryl methyl sites for hydroxylation is 2. The smallest absolute Gasteiger partial charge is 0.0757 e. The molecular formula is C14H17NS. The second kappa shape index (κ2) is 5.35. The molecular weight excluding hydrogens is 214 g/mol. The van der Waals surface area contributed by atoms with Crippen molar-refractivity contribution in [3.63, 3.8) is 0 Å². The molecule has 0 aromatic heterocycles. The van der Waals surface area contributed by atoms with Gasteiger partial charge in [-0.25, -0.2) is 0 Å². The van der Waals surface area contributed by atoms with E-state index in [2.05, 4.69) is 35.3 Å². The Hall–Kier alpha value is -1.02. The molecule has 1 aliphatic carbocycles. The molecule has 0 saturated heterocycles. The van der Waals surface area contributed by atoms with Crippen molar-refractivity contribution in [1.82, 2.24) is 0 Å². The Morgan fingerprint density at radius 3 is 2.75 bits per heavy atom. The molecule has 0 unspecified atom stereocenters. The average Bonchev–Trinajstić information content (AvgIpc) is 2.35. The van der Waals surface area contributed by atoms with Crippen molar-refractivity contribution < 1.29 is 0 Å². The van der Waals surface area contributed by atoms with Gasteiger partial charge in [-0.1, -0.05) is 12.1 Å². The zero-order valence-electron chi connectivity index (χ0n) is 9.70.